The molecule has 0 bridgehead atoms. The summed E-state index contributed by atoms with van der Waals surface area (Å²) in [7, 11) is 0. The van der Waals surface area contributed by atoms with E-state index in [-0.39, 0.29) is 12.0 Å². The molecule has 1 fully saturated rings. The highest BCUT2D eigenvalue weighted by molar-refractivity contribution is 5.82. The average Bonchev–Trinajstić information content (AvgIpc) is 2.38. The fourth-order valence-corrected chi connectivity index (χ4v) is 2.82. The summed E-state index contributed by atoms with van der Waals surface area (Å²) in [6, 6.07) is 4.66. The first kappa shape index (κ1) is 15.6. The van der Waals surface area contributed by atoms with Crippen molar-refractivity contribution in [1.29, 1.82) is 0 Å². The van der Waals surface area contributed by atoms with Crippen LogP contribution in [0.25, 0.3) is 0 Å². The van der Waals surface area contributed by atoms with E-state index >= 15 is 0 Å². The second-order valence-corrected chi connectivity index (χ2v) is 5.11. The summed E-state index contributed by atoms with van der Waals surface area (Å²) < 4.78 is 40.1. The average molecular weight is 304 g/mol. The van der Waals surface area contributed by atoms with Gasteiger partial charge in [0.1, 0.15) is 11.2 Å². The summed E-state index contributed by atoms with van der Waals surface area (Å²) in [6.45, 7) is 0. The van der Waals surface area contributed by atoms with Gasteiger partial charge in [0.15, 0.2) is 0 Å². The minimum absolute atomic E-state index is 0.253. The molecule has 1 aromatic carbocycles. The predicted molar refractivity (Wildman–Crippen MR) is 66.9 cm³/mol. The molecule has 1 aliphatic rings. The van der Waals surface area contributed by atoms with Gasteiger partial charge in [-0.15, -0.1) is 13.2 Å². The maximum absolute atomic E-state index is 12.1. The topological polar surface area (TPSA) is 66.8 Å². The van der Waals surface area contributed by atoms with Crippen LogP contribution in [0.1, 0.15) is 31.2 Å². The second-order valence-electron chi connectivity index (χ2n) is 5.11. The van der Waals surface area contributed by atoms with E-state index in [0.717, 1.165) is 18.6 Å². The van der Waals surface area contributed by atoms with Crippen LogP contribution in [-0.4, -0.2) is 28.6 Å². The molecule has 1 aromatic rings. The number of alkyl halides is 3. The number of halogens is 3. The highest BCUT2D eigenvalue weighted by atomic mass is 19.4. The fraction of sp³-hybridized carbons (Fsp3) is 0.500. The van der Waals surface area contributed by atoms with Gasteiger partial charge in [-0.2, -0.15) is 0 Å². The molecule has 0 heterocycles. The highest BCUT2D eigenvalue weighted by Gasteiger charge is 2.48. The van der Waals surface area contributed by atoms with E-state index in [4.69, 9.17) is 0 Å². The van der Waals surface area contributed by atoms with Crippen LogP contribution in [0.4, 0.5) is 13.2 Å². The van der Waals surface area contributed by atoms with Crippen molar-refractivity contribution in [2.75, 3.05) is 0 Å². The third kappa shape index (κ3) is 3.12. The lowest BCUT2D eigenvalue weighted by Gasteiger charge is -2.38. The van der Waals surface area contributed by atoms with Crippen LogP contribution in [0.15, 0.2) is 24.3 Å². The molecule has 0 amide bonds. The van der Waals surface area contributed by atoms with Gasteiger partial charge >= 0.3 is 12.3 Å². The van der Waals surface area contributed by atoms with Gasteiger partial charge in [-0.3, -0.25) is 4.79 Å². The van der Waals surface area contributed by atoms with E-state index in [1.165, 1.54) is 12.1 Å². The van der Waals surface area contributed by atoms with E-state index in [0.29, 0.717) is 12.8 Å². The summed E-state index contributed by atoms with van der Waals surface area (Å²) >= 11 is 0. The van der Waals surface area contributed by atoms with Gasteiger partial charge in [0.25, 0.3) is 0 Å². The molecule has 116 valence electrons. The molecule has 0 aromatic heterocycles. The van der Waals surface area contributed by atoms with Crippen molar-refractivity contribution in [3.05, 3.63) is 29.8 Å². The number of aliphatic hydroxyl groups excluding tert-OH is 1. The molecular weight excluding hydrogens is 289 g/mol. The minimum atomic E-state index is -4.80. The number of hydrogen-bond acceptors (Lipinski definition) is 3. The molecule has 7 heteroatoms. The maximum Gasteiger partial charge on any atom is 0.573 e. The number of carbonyl (C=O) groups is 1. The molecule has 2 rings (SSSR count). The SMILES string of the molecule is O=C(O)[C@@]1(c2ccc(OC(F)(F)F)cc2)CCCC[C@H]1O. The van der Waals surface area contributed by atoms with Crippen LogP contribution in [-0.2, 0) is 10.2 Å². The molecule has 0 spiro atoms. The molecule has 0 unspecified atom stereocenters. The number of aliphatic hydroxyl groups is 1. The lowest BCUT2D eigenvalue weighted by molar-refractivity contribution is -0.274. The van der Waals surface area contributed by atoms with Gasteiger partial charge in [0, 0.05) is 0 Å². The van der Waals surface area contributed by atoms with Gasteiger partial charge in [0.05, 0.1) is 6.10 Å². The highest BCUT2D eigenvalue weighted by Crippen LogP contribution is 2.40. The Labute approximate surface area is 119 Å². The van der Waals surface area contributed by atoms with Crippen molar-refractivity contribution in [2.24, 2.45) is 0 Å². The summed E-state index contributed by atoms with van der Waals surface area (Å²) in [5.41, 5.74) is -1.17. The minimum Gasteiger partial charge on any atom is -0.481 e. The van der Waals surface area contributed by atoms with Gasteiger partial charge < -0.3 is 14.9 Å². The Hall–Kier alpha value is -1.76. The Bertz CT molecular complexity index is 512. The van der Waals surface area contributed by atoms with Crippen LogP contribution in [0, 0.1) is 0 Å². The Balaban J connectivity index is 2.32. The molecule has 21 heavy (non-hydrogen) atoms. The summed E-state index contributed by atoms with van der Waals surface area (Å²) in [6.07, 6.45) is -3.87. The molecular formula is C14H15F3O4. The van der Waals surface area contributed by atoms with Gasteiger partial charge in [-0.25, -0.2) is 0 Å². The largest absolute Gasteiger partial charge is 0.573 e. The first-order valence-electron chi connectivity index (χ1n) is 6.53. The first-order valence-corrected chi connectivity index (χ1v) is 6.53. The van der Waals surface area contributed by atoms with Crippen molar-refractivity contribution >= 4 is 5.97 Å². The third-order valence-corrected chi connectivity index (χ3v) is 3.85. The van der Waals surface area contributed by atoms with E-state index in [2.05, 4.69) is 4.74 Å². The Kier molecular flexibility index (Phi) is 4.13. The van der Waals surface area contributed by atoms with Crippen molar-refractivity contribution < 1.29 is 32.9 Å². The first-order chi connectivity index (χ1) is 9.75. The molecule has 0 radical (unpaired) electrons. The lowest BCUT2D eigenvalue weighted by atomic mass is 9.67. The summed E-state index contributed by atoms with van der Waals surface area (Å²) in [5, 5.41) is 19.6. The van der Waals surface area contributed by atoms with Crippen molar-refractivity contribution in [2.45, 2.75) is 43.6 Å². The maximum atomic E-state index is 12.1. The summed E-state index contributed by atoms with van der Waals surface area (Å²) in [5.74, 6) is -1.59. The molecule has 1 aliphatic carbocycles. The molecule has 2 N–H and O–H groups in total. The van der Waals surface area contributed by atoms with Crippen LogP contribution >= 0.6 is 0 Å². The molecule has 4 nitrogen and oxygen atoms in total. The van der Waals surface area contributed by atoms with Crippen LogP contribution < -0.4 is 4.74 Å². The predicted octanol–water partition coefficient (Wildman–Crippen LogP) is 2.84. The number of rotatable bonds is 3. The summed E-state index contributed by atoms with van der Waals surface area (Å²) in [4.78, 5) is 11.6. The Morgan fingerprint density at radius 1 is 1.24 bits per heavy atom. The third-order valence-electron chi connectivity index (χ3n) is 3.85. The normalized spacial score (nSPS) is 26.4. The monoisotopic (exact) mass is 304 g/mol. The van der Waals surface area contributed by atoms with Gasteiger partial charge in [-0.05, 0) is 30.5 Å². The zero-order valence-electron chi connectivity index (χ0n) is 11.1. The number of carboxylic acids is 1. The standard InChI is InChI=1S/C14H15F3O4/c15-14(16,17)21-10-6-4-9(5-7-10)13(12(19)20)8-2-1-3-11(13)18/h4-7,11,18H,1-3,8H2,(H,19,20)/t11-,13-/m1/s1. The molecule has 0 saturated heterocycles. The fourth-order valence-electron chi connectivity index (χ4n) is 2.82. The molecule has 2 atom stereocenters. The number of carboxylic acid groups (broad SMARTS) is 1. The van der Waals surface area contributed by atoms with Gasteiger partial charge in [-0.1, -0.05) is 25.0 Å². The zero-order valence-corrected chi connectivity index (χ0v) is 11.1. The number of hydrogen-bond donors (Lipinski definition) is 2. The van der Waals surface area contributed by atoms with Crippen molar-refractivity contribution in [3.8, 4) is 5.75 Å². The number of aliphatic carboxylic acids is 1. The van der Waals surface area contributed by atoms with Crippen molar-refractivity contribution in [1.82, 2.24) is 0 Å². The molecule has 1 saturated carbocycles. The van der Waals surface area contributed by atoms with Crippen molar-refractivity contribution in [3.63, 3.8) is 0 Å². The van der Waals surface area contributed by atoms with E-state index in [1.54, 1.807) is 0 Å². The molecule has 0 aliphatic heterocycles. The number of benzene rings is 1. The van der Waals surface area contributed by atoms with Crippen LogP contribution in [0.5, 0.6) is 5.75 Å². The van der Waals surface area contributed by atoms with E-state index in [9.17, 15) is 28.2 Å². The zero-order chi connectivity index (χ0) is 15.7. The van der Waals surface area contributed by atoms with E-state index < -0.39 is 29.6 Å². The second kappa shape index (κ2) is 5.55. The van der Waals surface area contributed by atoms with Crippen LogP contribution in [0.3, 0.4) is 0 Å². The Morgan fingerprint density at radius 3 is 2.33 bits per heavy atom. The number of ether oxygens (including phenoxy) is 1. The van der Waals surface area contributed by atoms with Gasteiger partial charge in [0.2, 0.25) is 0 Å². The lowest BCUT2D eigenvalue weighted by Crippen LogP contribution is -2.48. The Morgan fingerprint density at radius 2 is 1.86 bits per heavy atom. The quantitative estimate of drug-likeness (QED) is 0.901. The van der Waals surface area contributed by atoms with Crippen LogP contribution in [0.2, 0.25) is 0 Å². The van der Waals surface area contributed by atoms with E-state index in [1.807, 2.05) is 0 Å². The smallest absolute Gasteiger partial charge is 0.481 e.